The highest BCUT2D eigenvalue weighted by Crippen LogP contribution is 2.44. The summed E-state index contributed by atoms with van der Waals surface area (Å²) in [7, 11) is -8.89. The number of aromatic amines is 1. The number of nitrogens with zero attached hydrogens (tertiary/aromatic N) is 3. The molecule has 4 aromatic rings. The zero-order valence-corrected chi connectivity index (χ0v) is 26.4. The Bertz CT molecular complexity index is 2260. The Hall–Kier alpha value is -5.09. The number of sulfonamides is 2. The molecule has 0 bridgehead atoms. The van der Waals surface area contributed by atoms with Crippen LogP contribution in [0, 0.1) is 16.0 Å². The van der Waals surface area contributed by atoms with Gasteiger partial charge in [-0.3, -0.25) is 19.6 Å². The zero-order chi connectivity index (χ0) is 33.2. The van der Waals surface area contributed by atoms with Gasteiger partial charge in [-0.1, -0.05) is 38.1 Å². The van der Waals surface area contributed by atoms with Crippen molar-refractivity contribution in [2.75, 3.05) is 10.0 Å². The molecule has 0 saturated heterocycles. The topological polar surface area (TPSA) is 214 Å². The maximum atomic E-state index is 14.1. The van der Waals surface area contributed by atoms with Gasteiger partial charge in [-0.15, -0.1) is 4.40 Å². The summed E-state index contributed by atoms with van der Waals surface area (Å²) in [6, 6.07) is 14.2. The van der Waals surface area contributed by atoms with Crippen LogP contribution in [0.4, 0.5) is 17.1 Å². The number of hydrogen-bond acceptors (Lipinski definition) is 10. The van der Waals surface area contributed by atoms with Crippen molar-refractivity contribution in [2.45, 2.75) is 49.1 Å². The fraction of sp³-hybridized carbons (Fsp3) is 0.233. The Balaban J connectivity index is 1.34. The van der Waals surface area contributed by atoms with Crippen molar-refractivity contribution in [1.29, 1.82) is 0 Å². The van der Waals surface area contributed by atoms with E-state index in [9.17, 15) is 36.9 Å². The lowest BCUT2D eigenvalue weighted by Gasteiger charge is -2.36. The first kappa shape index (κ1) is 30.9. The number of non-ortho nitro benzene ring substituents is 1. The molecule has 46 heavy (non-hydrogen) atoms. The number of nitro groups is 1. The molecule has 0 fully saturated rings. The largest absolute Gasteiger partial charge is 0.506 e. The van der Waals surface area contributed by atoms with Gasteiger partial charge >= 0.3 is 0 Å². The first-order valence-electron chi connectivity index (χ1n) is 14.1. The maximum absolute atomic E-state index is 14.1. The number of H-pyrrole nitrogens is 1. The molecule has 1 aromatic heterocycles. The lowest BCUT2D eigenvalue weighted by Crippen LogP contribution is -2.42. The van der Waals surface area contributed by atoms with Gasteiger partial charge < -0.3 is 15.4 Å². The zero-order valence-electron chi connectivity index (χ0n) is 24.7. The lowest BCUT2D eigenvalue weighted by atomic mass is 9.66. The molecule has 6 rings (SSSR count). The van der Waals surface area contributed by atoms with Crippen LogP contribution >= 0.6 is 0 Å². The fourth-order valence-electron chi connectivity index (χ4n) is 5.61. The number of benzene rings is 3. The molecule has 2 heterocycles. The van der Waals surface area contributed by atoms with Crippen LogP contribution in [0.15, 0.2) is 80.7 Å². The number of carbonyl (C=O) groups is 1. The van der Waals surface area contributed by atoms with Crippen LogP contribution in [0.1, 0.15) is 44.7 Å². The summed E-state index contributed by atoms with van der Waals surface area (Å²) in [6.45, 7) is 5.84. The molecular formula is C30H28N6O8S2. The summed E-state index contributed by atoms with van der Waals surface area (Å²) in [6.07, 6.45) is 1.16. The van der Waals surface area contributed by atoms with Gasteiger partial charge in [0.25, 0.3) is 25.7 Å². The molecule has 0 radical (unpaired) electrons. The number of carbonyl (C=O) groups excluding carboxylic acids is 1. The van der Waals surface area contributed by atoms with E-state index in [2.05, 4.69) is 24.4 Å². The van der Waals surface area contributed by atoms with E-state index in [1.165, 1.54) is 24.3 Å². The van der Waals surface area contributed by atoms with E-state index in [1.807, 2.05) is 13.8 Å². The van der Waals surface area contributed by atoms with E-state index < -0.39 is 47.1 Å². The summed E-state index contributed by atoms with van der Waals surface area (Å²) in [4.78, 5) is 30.6. The number of nitro benzene ring substituents is 1. The van der Waals surface area contributed by atoms with Crippen molar-refractivity contribution in [3.05, 3.63) is 87.5 Å². The van der Waals surface area contributed by atoms with E-state index in [-0.39, 0.29) is 50.3 Å². The van der Waals surface area contributed by atoms with Gasteiger partial charge in [-0.25, -0.2) is 4.98 Å². The highest BCUT2D eigenvalue weighted by molar-refractivity contribution is 7.92. The number of aliphatic hydroxyl groups is 1. The first-order valence-corrected chi connectivity index (χ1v) is 17.0. The SMILES string of the molecule is CC(C)CC[C@@]1(C)C(=O)C(C2=NS(=O)(=O)c3cc(NS(=O)(=O)c4nc5ccc([N+](=O)[O-])cc5[nH]4)ccc3N2)=C(O)c2ccccc21. The minimum absolute atomic E-state index is 0.0137. The lowest BCUT2D eigenvalue weighted by molar-refractivity contribution is -0.384. The third-order valence-electron chi connectivity index (χ3n) is 8.09. The van der Waals surface area contributed by atoms with Crippen LogP contribution in [-0.4, -0.2) is 48.5 Å². The van der Waals surface area contributed by atoms with Crippen molar-refractivity contribution in [2.24, 2.45) is 10.3 Å². The average molecular weight is 665 g/mol. The van der Waals surface area contributed by atoms with Crippen LogP contribution in [0.25, 0.3) is 16.8 Å². The van der Waals surface area contributed by atoms with E-state index in [4.69, 9.17) is 0 Å². The van der Waals surface area contributed by atoms with Gasteiger partial charge in [-0.05, 0) is 55.5 Å². The normalized spacial score (nSPS) is 19.0. The summed E-state index contributed by atoms with van der Waals surface area (Å²) in [5, 5.41) is 24.7. The second-order valence-corrected chi connectivity index (χ2v) is 14.9. The molecule has 0 spiro atoms. The van der Waals surface area contributed by atoms with Gasteiger partial charge in [0.05, 0.1) is 32.7 Å². The third kappa shape index (κ3) is 5.18. The minimum Gasteiger partial charge on any atom is -0.506 e. The number of rotatable bonds is 8. The Morgan fingerprint density at radius 1 is 1.11 bits per heavy atom. The second-order valence-electron chi connectivity index (χ2n) is 11.7. The van der Waals surface area contributed by atoms with Gasteiger partial charge in [0, 0.05) is 17.7 Å². The van der Waals surface area contributed by atoms with Crippen molar-refractivity contribution in [3.63, 3.8) is 0 Å². The number of fused-ring (bicyclic) bond motifs is 3. The number of ketones is 1. The molecule has 2 aliphatic rings. The second kappa shape index (κ2) is 10.8. The Morgan fingerprint density at radius 2 is 1.85 bits per heavy atom. The van der Waals surface area contributed by atoms with Crippen molar-refractivity contribution >= 4 is 65.5 Å². The summed E-state index contributed by atoms with van der Waals surface area (Å²) in [5.41, 5.74) is -0.366. The summed E-state index contributed by atoms with van der Waals surface area (Å²) >= 11 is 0. The minimum atomic E-state index is -4.50. The van der Waals surface area contributed by atoms with Gasteiger partial charge in [-0.2, -0.15) is 16.8 Å². The van der Waals surface area contributed by atoms with Gasteiger partial charge in [0.1, 0.15) is 16.2 Å². The smallest absolute Gasteiger partial charge is 0.295 e. The molecule has 1 aliphatic carbocycles. The molecule has 1 aliphatic heterocycles. The van der Waals surface area contributed by atoms with Crippen LogP contribution < -0.4 is 10.0 Å². The monoisotopic (exact) mass is 664 g/mol. The highest BCUT2D eigenvalue weighted by Gasteiger charge is 2.46. The highest BCUT2D eigenvalue weighted by atomic mass is 32.2. The Labute approximate surface area is 263 Å². The molecule has 1 atom stereocenters. The Kier molecular flexibility index (Phi) is 7.24. The standard InChI is InChI=1S/C30H28N6O8S2/c1-16(2)12-13-30(3)20-7-5-4-6-19(20)26(37)25(27(30)38)28-31-22-10-8-17(14-24(22)45(41,42)35-28)34-46(43,44)29-32-21-11-9-18(36(39)40)15-23(21)33-29/h4-11,14-16,34,37H,12-13H2,1-3H3,(H,31,35)(H,32,33)/t30-/m1/s1. The number of nitrogens with one attached hydrogen (secondary N) is 3. The first-order chi connectivity index (χ1) is 21.6. The molecule has 3 aromatic carbocycles. The predicted molar refractivity (Wildman–Crippen MR) is 171 cm³/mol. The fourth-order valence-corrected chi connectivity index (χ4v) is 7.75. The molecular weight excluding hydrogens is 636 g/mol. The van der Waals surface area contributed by atoms with E-state index in [0.717, 1.165) is 12.1 Å². The maximum Gasteiger partial charge on any atom is 0.295 e. The molecule has 238 valence electrons. The quantitative estimate of drug-likeness (QED) is 0.146. The van der Waals surface area contributed by atoms with Crippen LogP contribution in [0.5, 0.6) is 0 Å². The average Bonchev–Trinajstić information content (AvgIpc) is 3.44. The number of anilines is 2. The molecule has 14 nitrogen and oxygen atoms in total. The van der Waals surface area contributed by atoms with Crippen molar-refractivity contribution in [1.82, 2.24) is 9.97 Å². The molecule has 16 heteroatoms. The van der Waals surface area contributed by atoms with Crippen LogP contribution in [0.2, 0.25) is 0 Å². The van der Waals surface area contributed by atoms with Gasteiger partial charge in [0.2, 0.25) is 5.16 Å². The summed E-state index contributed by atoms with van der Waals surface area (Å²) < 4.78 is 59.2. The van der Waals surface area contributed by atoms with Crippen molar-refractivity contribution < 1.29 is 31.7 Å². The number of aromatic nitrogens is 2. The molecule has 4 N–H and O–H groups in total. The van der Waals surface area contributed by atoms with E-state index in [1.54, 1.807) is 31.2 Å². The number of Topliss-reactive ketones (excluding diaryl/α,β-unsaturated/α-hetero) is 1. The Morgan fingerprint density at radius 3 is 2.57 bits per heavy atom. The molecule has 0 unspecified atom stereocenters. The number of amidine groups is 1. The van der Waals surface area contributed by atoms with Crippen molar-refractivity contribution in [3.8, 4) is 0 Å². The summed E-state index contributed by atoms with van der Waals surface area (Å²) in [5.74, 6) is -0.926. The number of aliphatic hydroxyl groups excluding tert-OH is 1. The number of imidazole rings is 1. The third-order valence-corrected chi connectivity index (χ3v) is 10.6. The predicted octanol–water partition coefficient (Wildman–Crippen LogP) is 5.03. The number of hydrogen-bond donors (Lipinski definition) is 4. The van der Waals surface area contributed by atoms with Crippen LogP contribution in [0.3, 0.4) is 0 Å². The van der Waals surface area contributed by atoms with E-state index >= 15 is 0 Å². The van der Waals surface area contributed by atoms with E-state index in [0.29, 0.717) is 24.0 Å². The van der Waals surface area contributed by atoms with Crippen LogP contribution in [-0.2, 0) is 30.3 Å². The molecule has 0 saturated carbocycles. The molecule has 0 amide bonds. The van der Waals surface area contributed by atoms with Gasteiger partial charge in [0.15, 0.2) is 11.6 Å².